The predicted molar refractivity (Wildman–Crippen MR) is 104 cm³/mol. The molecule has 4 rings (SSSR count). The summed E-state index contributed by atoms with van der Waals surface area (Å²) in [6, 6.07) is 20.4. The number of para-hydroxylation sites is 2. The third kappa shape index (κ3) is 3.59. The van der Waals surface area contributed by atoms with E-state index in [1.807, 2.05) is 30.3 Å². The molecule has 27 heavy (non-hydrogen) atoms. The van der Waals surface area contributed by atoms with Gasteiger partial charge in [0.1, 0.15) is 11.6 Å². The van der Waals surface area contributed by atoms with Gasteiger partial charge in [-0.2, -0.15) is 5.10 Å². The third-order valence-corrected chi connectivity index (χ3v) is 4.00. The maximum absolute atomic E-state index is 13.0. The monoisotopic (exact) mass is 358 g/mol. The molecule has 0 saturated carbocycles. The Morgan fingerprint density at radius 2 is 1.63 bits per heavy atom. The number of halogens is 1. The zero-order chi connectivity index (χ0) is 18.6. The Kier molecular flexibility index (Phi) is 4.45. The van der Waals surface area contributed by atoms with Crippen LogP contribution in [0.15, 0.2) is 77.9 Å². The number of phenols is 1. The second-order valence-corrected chi connectivity index (χ2v) is 5.85. The number of nitrogens with zero attached hydrogens (tertiary/aromatic N) is 3. The van der Waals surface area contributed by atoms with Crippen molar-refractivity contribution in [1.82, 2.24) is 9.97 Å². The summed E-state index contributed by atoms with van der Waals surface area (Å²) in [6.07, 6.45) is 1.58. The highest BCUT2D eigenvalue weighted by Crippen LogP contribution is 2.29. The van der Waals surface area contributed by atoms with E-state index in [2.05, 4.69) is 20.5 Å². The van der Waals surface area contributed by atoms with E-state index in [4.69, 9.17) is 0 Å². The fourth-order valence-corrected chi connectivity index (χ4v) is 2.66. The third-order valence-electron chi connectivity index (χ3n) is 4.00. The molecule has 2 N–H and O–H groups in total. The van der Waals surface area contributed by atoms with Crippen molar-refractivity contribution < 1.29 is 9.50 Å². The molecule has 0 amide bonds. The van der Waals surface area contributed by atoms with Crippen molar-refractivity contribution in [2.45, 2.75) is 0 Å². The molecule has 5 nitrogen and oxygen atoms in total. The first-order valence-electron chi connectivity index (χ1n) is 8.30. The van der Waals surface area contributed by atoms with Crippen LogP contribution < -0.4 is 5.43 Å². The number of nitrogens with one attached hydrogen (secondary N) is 1. The molecule has 0 aliphatic rings. The molecule has 0 spiro atoms. The summed E-state index contributed by atoms with van der Waals surface area (Å²) in [5, 5.41) is 15.1. The second kappa shape index (κ2) is 7.21. The summed E-state index contributed by atoms with van der Waals surface area (Å²) in [5.41, 5.74) is 4.94. The largest absolute Gasteiger partial charge is 0.507 e. The van der Waals surface area contributed by atoms with Crippen molar-refractivity contribution in [3.05, 3.63) is 84.2 Å². The average molecular weight is 358 g/mol. The van der Waals surface area contributed by atoms with Crippen molar-refractivity contribution >= 4 is 22.9 Å². The van der Waals surface area contributed by atoms with Crippen LogP contribution in [0.3, 0.4) is 0 Å². The van der Waals surface area contributed by atoms with E-state index in [-0.39, 0.29) is 11.6 Å². The van der Waals surface area contributed by atoms with Gasteiger partial charge in [0.2, 0.25) is 0 Å². The topological polar surface area (TPSA) is 70.4 Å². The zero-order valence-electron chi connectivity index (χ0n) is 14.2. The number of fused-ring (bicyclic) bond motifs is 1. The normalized spacial score (nSPS) is 11.1. The standard InChI is InChI=1S/C21H15FN4O/c22-15-11-9-14(10-12-15)13-23-26-21-16-5-1-3-7-18(16)24-20(25-21)17-6-2-4-8-19(17)27/h1-13,27H,(H,24,25,26)/b23-13+. The molecule has 0 saturated heterocycles. The van der Waals surface area contributed by atoms with Gasteiger partial charge in [-0.25, -0.2) is 14.4 Å². The Labute approximate surface area is 154 Å². The van der Waals surface area contributed by atoms with Gasteiger partial charge in [-0.3, -0.25) is 5.43 Å². The fourth-order valence-electron chi connectivity index (χ4n) is 2.66. The van der Waals surface area contributed by atoms with E-state index < -0.39 is 0 Å². The number of aromatic nitrogens is 2. The Morgan fingerprint density at radius 1 is 0.889 bits per heavy atom. The first-order valence-corrected chi connectivity index (χ1v) is 8.30. The van der Waals surface area contributed by atoms with Gasteiger partial charge in [-0.15, -0.1) is 0 Å². The smallest absolute Gasteiger partial charge is 0.165 e. The van der Waals surface area contributed by atoms with Gasteiger partial charge in [0, 0.05) is 5.39 Å². The van der Waals surface area contributed by atoms with Crippen LogP contribution in [0.2, 0.25) is 0 Å². The first kappa shape index (κ1) is 16.7. The minimum atomic E-state index is -0.297. The molecule has 0 aliphatic heterocycles. The Hall–Kier alpha value is -3.80. The SMILES string of the molecule is Oc1ccccc1-c1nc(N/N=C/c2ccc(F)cc2)c2ccccc2n1. The van der Waals surface area contributed by atoms with Gasteiger partial charge in [0.15, 0.2) is 11.6 Å². The summed E-state index contributed by atoms with van der Waals surface area (Å²) < 4.78 is 13.0. The molecule has 1 heterocycles. The molecule has 0 aliphatic carbocycles. The van der Waals surface area contributed by atoms with Gasteiger partial charge >= 0.3 is 0 Å². The molecule has 3 aromatic carbocycles. The van der Waals surface area contributed by atoms with Gasteiger partial charge in [-0.05, 0) is 42.0 Å². The fraction of sp³-hybridized carbons (Fsp3) is 0. The maximum atomic E-state index is 13.0. The number of hydrazone groups is 1. The first-order chi connectivity index (χ1) is 13.2. The van der Waals surface area contributed by atoms with Crippen LogP contribution in [0, 0.1) is 5.82 Å². The van der Waals surface area contributed by atoms with E-state index in [0.29, 0.717) is 17.2 Å². The van der Waals surface area contributed by atoms with Crippen LogP contribution in [-0.2, 0) is 0 Å². The summed E-state index contributed by atoms with van der Waals surface area (Å²) >= 11 is 0. The van der Waals surface area contributed by atoms with Gasteiger partial charge in [0.25, 0.3) is 0 Å². The van der Waals surface area contributed by atoms with Crippen LogP contribution in [-0.4, -0.2) is 21.3 Å². The highest BCUT2D eigenvalue weighted by atomic mass is 19.1. The summed E-state index contributed by atoms with van der Waals surface area (Å²) in [7, 11) is 0. The lowest BCUT2D eigenvalue weighted by molar-refractivity contribution is 0.477. The van der Waals surface area contributed by atoms with Crippen molar-refractivity contribution in [3.63, 3.8) is 0 Å². The van der Waals surface area contributed by atoms with E-state index in [1.54, 1.807) is 36.5 Å². The molecule has 0 atom stereocenters. The summed E-state index contributed by atoms with van der Waals surface area (Å²) in [4.78, 5) is 9.06. The lowest BCUT2D eigenvalue weighted by Crippen LogP contribution is -1.99. The van der Waals surface area contributed by atoms with E-state index >= 15 is 0 Å². The summed E-state index contributed by atoms with van der Waals surface area (Å²) in [6.45, 7) is 0. The molecular weight excluding hydrogens is 343 g/mol. The quantitative estimate of drug-likeness (QED) is 0.414. The van der Waals surface area contributed by atoms with E-state index in [9.17, 15) is 9.50 Å². The predicted octanol–water partition coefficient (Wildman–Crippen LogP) is 4.59. The number of hydrogen-bond acceptors (Lipinski definition) is 5. The number of hydrogen-bond donors (Lipinski definition) is 2. The number of benzene rings is 3. The summed E-state index contributed by atoms with van der Waals surface area (Å²) in [5.74, 6) is 0.714. The Bertz CT molecular complexity index is 1130. The molecule has 0 bridgehead atoms. The van der Waals surface area contributed by atoms with Crippen molar-refractivity contribution in [2.24, 2.45) is 5.10 Å². The van der Waals surface area contributed by atoms with Gasteiger partial charge in [0.05, 0.1) is 17.3 Å². The Balaban J connectivity index is 1.72. The van der Waals surface area contributed by atoms with Gasteiger partial charge < -0.3 is 5.11 Å². The number of phenolic OH excluding ortho intramolecular Hbond substituents is 1. The van der Waals surface area contributed by atoms with E-state index in [1.165, 1.54) is 12.1 Å². The molecule has 6 heteroatoms. The van der Waals surface area contributed by atoms with E-state index in [0.717, 1.165) is 16.5 Å². The van der Waals surface area contributed by atoms with Crippen molar-refractivity contribution in [3.8, 4) is 17.1 Å². The maximum Gasteiger partial charge on any atom is 0.165 e. The minimum absolute atomic E-state index is 0.105. The highest BCUT2D eigenvalue weighted by Gasteiger charge is 2.11. The molecule has 4 aromatic rings. The minimum Gasteiger partial charge on any atom is -0.507 e. The second-order valence-electron chi connectivity index (χ2n) is 5.85. The molecule has 0 unspecified atom stereocenters. The molecule has 0 radical (unpaired) electrons. The zero-order valence-corrected chi connectivity index (χ0v) is 14.2. The lowest BCUT2D eigenvalue weighted by Gasteiger charge is -2.09. The number of aromatic hydroxyl groups is 1. The molecule has 132 valence electrons. The van der Waals surface area contributed by atoms with Crippen LogP contribution in [0.25, 0.3) is 22.3 Å². The van der Waals surface area contributed by atoms with Crippen LogP contribution in [0.5, 0.6) is 5.75 Å². The highest BCUT2D eigenvalue weighted by molar-refractivity contribution is 5.91. The number of rotatable bonds is 4. The number of anilines is 1. The van der Waals surface area contributed by atoms with Crippen LogP contribution in [0.1, 0.15) is 5.56 Å². The molecule has 1 aromatic heterocycles. The van der Waals surface area contributed by atoms with Crippen molar-refractivity contribution in [1.29, 1.82) is 0 Å². The van der Waals surface area contributed by atoms with Gasteiger partial charge in [-0.1, -0.05) is 36.4 Å². The van der Waals surface area contributed by atoms with Crippen LogP contribution in [0.4, 0.5) is 10.2 Å². The molecule has 0 fully saturated rings. The van der Waals surface area contributed by atoms with Crippen LogP contribution >= 0.6 is 0 Å². The van der Waals surface area contributed by atoms with Crippen molar-refractivity contribution in [2.75, 3.05) is 5.43 Å². The lowest BCUT2D eigenvalue weighted by atomic mass is 10.1. The molecular formula is C21H15FN4O. The average Bonchev–Trinajstić information content (AvgIpc) is 2.69. The Morgan fingerprint density at radius 3 is 2.44 bits per heavy atom.